The molecule has 0 saturated heterocycles. The average molecular weight is 327 g/mol. The van der Waals surface area contributed by atoms with E-state index >= 15 is 0 Å². The van der Waals surface area contributed by atoms with E-state index in [1.807, 2.05) is 13.8 Å². The van der Waals surface area contributed by atoms with Crippen LogP contribution in [0.5, 0.6) is 5.75 Å². The fraction of sp³-hybridized carbons (Fsp3) is 0.500. The third-order valence-corrected chi connectivity index (χ3v) is 3.54. The van der Waals surface area contributed by atoms with Crippen LogP contribution in [0.15, 0.2) is 24.3 Å². The number of nitrogens with one attached hydrogen (secondary N) is 1. The molecule has 4 N–H and O–H groups in total. The molecule has 1 rings (SSSR count). The summed E-state index contributed by atoms with van der Waals surface area (Å²) in [5.41, 5.74) is 6.65. The van der Waals surface area contributed by atoms with Crippen LogP contribution in [0.25, 0.3) is 0 Å². The summed E-state index contributed by atoms with van der Waals surface area (Å²) >= 11 is 5.61. The third kappa shape index (κ3) is 6.03. The van der Waals surface area contributed by atoms with Crippen LogP contribution in [-0.4, -0.2) is 34.8 Å². The number of ketones is 1. The lowest BCUT2D eigenvalue weighted by Crippen LogP contribution is -2.50. The maximum Gasteiger partial charge on any atom is 0.237 e. The monoisotopic (exact) mass is 326 g/mol. The fourth-order valence-electron chi connectivity index (χ4n) is 2.10. The molecule has 0 aliphatic rings. The fourth-order valence-corrected chi connectivity index (χ4v) is 2.29. The van der Waals surface area contributed by atoms with Gasteiger partial charge in [-0.15, -0.1) is 11.6 Å². The van der Waals surface area contributed by atoms with Gasteiger partial charge in [-0.05, 0) is 36.5 Å². The van der Waals surface area contributed by atoms with Crippen molar-refractivity contribution in [3.8, 4) is 5.75 Å². The van der Waals surface area contributed by atoms with Crippen molar-refractivity contribution >= 4 is 23.3 Å². The number of alkyl halides is 1. The first-order chi connectivity index (χ1) is 10.3. The van der Waals surface area contributed by atoms with Gasteiger partial charge in [-0.3, -0.25) is 9.59 Å². The molecule has 1 aromatic rings. The van der Waals surface area contributed by atoms with Gasteiger partial charge in [0.05, 0.1) is 18.0 Å². The minimum Gasteiger partial charge on any atom is -0.508 e. The molecule has 2 unspecified atom stereocenters. The SMILES string of the molecule is CC(C)CC(N)C(=O)NC(Cc1ccc(O)cc1)C(=O)CCl. The summed E-state index contributed by atoms with van der Waals surface area (Å²) < 4.78 is 0. The minimum absolute atomic E-state index is 0.145. The largest absolute Gasteiger partial charge is 0.508 e. The Bertz CT molecular complexity index is 503. The normalized spacial score (nSPS) is 13.7. The maximum atomic E-state index is 12.1. The Morgan fingerprint density at radius 1 is 1.27 bits per heavy atom. The van der Waals surface area contributed by atoms with Gasteiger partial charge in [0.25, 0.3) is 0 Å². The van der Waals surface area contributed by atoms with E-state index in [0.717, 1.165) is 5.56 Å². The first kappa shape index (κ1) is 18.5. The van der Waals surface area contributed by atoms with E-state index in [0.29, 0.717) is 18.8 Å². The Kier molecular flexibility index (Phi) is 7.35. The first-order valence-corrected chi connectivity index (χ1v) is 7.79. The number of carbonyl (C=O) groups excluding carboxylic acids is 2. The minimum atomic E-state index is -0.715. The zero-order valence-corrected chi connectivity index (χ0v) is 13.6. The van der Waals surface area contributed by atoms with Crippen LogP contribution in [0.3, 0.4) is 0 Å². The van der Waals surface area contributed by atoms with Crippen molar-refractivity contribution in [1.29, 1.82) is 0 Å². The summed E-state index contributed by atoms with van der Waals surface area (Å²) in [4.78, 5) is 24.0. The summed E-state index contributed by atoms with van der Waals surface area (Å²) in [6.45, 7) is 3.95. The van der Waals surface area contributed by atoms with Crippen LogP contribution >= 0.6 is 11.6 Å². The van der Waals surface area contributed by atoms with Crippen LogP contribution in [-0.2, 0) is 16.0 Å². The van der Waals surface area contributed by atoms with Gasteiger partial charge in [0.15, 0.2) is 5.78 Å². The number of phenols is 1. The number of hydrogen-bond donors (Lipinski definition) is 3. The summed E-state index contributed by atoms with van der Waals surface area (Å²) in [5, 5.41) is 11.9. The number of nitrogens with two attached hydrogens (primary N) is 1. The molecule has 6 heteroatoms. The predicted octanol–water partition coefficient (Wildman–Crippen LogP) is 1.60. The second kappa shape index (κ2) is 8.76. The smallest absolute Gasteiger partial charge is 0.237 e. The van der Waals surface area contributed by atoms with E-state index in [1.54, 1.807) is 12.1 Å². The van der Waals surface area contributed by atoms with E-state index < -0.39 is 12.1 Å². The van der Waals surface area contributed by atoms with Crippen molar-refractivity contribution in [2.45, 2.75) is 38.8 Å². The van der Waals surface area contributed by atoms with Gasteiger partial charge in [0, 0.05) is 0 Å². The van der Waals surface area contributed by atoms with Crippen LogP contribution in [0.2, 0.25) is 0 Å². The van der Waals surface area contributed by atoms with Gasteiger partial charge in [0.1, 0.15) is 5.75 Å². The van der Waals surface area contributed by atoms with Crippen LogP contribution in [0, 0.1) is 5.92 Å². The molecule has 2 atom stereocenters. The highest BCUT2D eigenvalue weighted by molar-refractivity contribution is 6.28. The molecule has 0 radical (unpaired) electrons. The Labute approximate surface area is 135 Å². The first-order valence-electron chi connectivity index (χ1n) is 7.26. The van der Waals surface area contributed by atoms with E-state index in [4.69, 9.17) is 17.3 Å². The lowest BCUT2D eigenvalue weighted by molar-refractivity contribution is -0.127. The zero-order chi connectivity index (χ0) is 16.7. The third-order valence-electron chi connectivity index (χ3n) is 3.28. The van der Waals surface area contributed by atoms with Crippen molar-refractivity contribution in [1.82, 2.24) is 5.32 Å². The molecule has 0 bridgehead atoms. The quantitative estimate of drug-likeness (QED) is 0.633. The molecule has 1 aromatic carbocycles. The Morgan fingerprint density at radius 3 is 2.36 bits per heavy atom. The predicted molar refractivity (Wildman–Crippen MR) is 86.9 cm³/mol. The number of amides is 1. The molecule has 0 heterocycles. The van der Waals surface area contributed by atoms with Crippen molar-refractivity contribution in [2.24, 2.45) is 11.7 Å². The molecule has 0 saturated carbocycles. The van der Waals surface area contributed by atoms with Crippen LogP contribution < -0.4 is 11.1 Å². The number of halogens is 1. The van der Waals surface area contributed by atoms with Gasteiger partial charge >= 0.3 is 0 Å². The summed E-state index contributed by atoms with van der Waals surface area (Å²) in [5.74, 6) is -0.356. The van der Waals surface area contributed by atoms with Gasteiger partial charge in [-0.2, -0.15) is 0 Å². The van der Waals surface area contributed by atoms with E-state index in [-0.39, 0.29) is 23.3 Å². The molecular formula is C16H23ClN2O3. The highest BCUT2D eigenvalue weighted by Gasteiger charge is 2.23. The molecule has 1 amide bonds. The van der Waals surface area contributed by atoms with Crippen LogP contribution in [0.4, 0.5) is 0 Å². The average Bonchev–Trinajstić information content (AvgIpc) is 2.47. The van der Waals surface area contributed by atoms with E-state index in [1.165, 1.54) is 12.1 Å². The lowest BCUT2D eigenvalue weighted by Gasteiger charge is -2.20. The summed E-state index contributed by atoms with van der Waals surface area (Å²) in [7, 11) is 0. The van der Waals surface area contributed by atoms with E-state index in [2.05, 4.69) is 5.32 Å². The summed E-state index contributed by atoms with van der Waals surface area (Å²) in [6, 6.07) is 5.10. The molecule has 122 valence electrons. The molecule has 0 aliphatic carbocycles. The standard InChI is InChI=1S/C16H23ClN2O3/c1-10(2)7-13(18)16(22)19-14(15(21)9-17)8-11-3-5-12(20)6-4-11/h3-6,10,13-14,20H,7-9,18H2,1-2H3,(H,19,22). The number of phenolic OH excluding ortho intramolecular Hbond substituents is 1. The topological polar surface area (TPSA) is 92.4 Å². The number of benzene rings is 1. The Hall–Kier alpha value is -1.59. The highest BCUT2D eigenvalue weighted by Crippen LogP contribution is 2.12. The zero-order valence-electron chi connectivity index (χ0n) is 12.9. The highest BCUT2D eigenvalue weighted by atomic mass is 35.5. The van der Waals surface area contributed by atoms with Gasteiger partial charge in [-0.1, -0.05) is 26.0 Å². The van der Waals surface area contributed by atoms with Crippen molar-refractivity contribution in [2.75, 3.05) is 5.88 Å². The van der Waals surface area contributed by atoms with Crippen molar-refractivity contribution < 1.29 is 14.7 Å². The van der Waals surface area contributed by atoms with Crippen molar-refractivity contribution in [3.63, 3.8) is 0 Å². The number of aromatic hydroxyl groups is 1. The molecule has 0 fully saturated rings. The molecule has 22 heavy (non-hydrogen) atoms. The number of hydrogen-bond acceptors (Lipinski definition) is 4. The molecule has 5 nitrogen and oxygen atoms in total. The number of rotatable bonds is 8. The van der Waals surface area contributed by atoms with E-state index in [9.17, 15) is 14.7 Å². The van der Waals surface area contributed by atoms with Gasteiger partial charge in [0.2, 0.25) is 5.91 Å². The van der Waals surface area contributed by atoms with Crippen LogP contribution in [0.1, 0.15) is 25.8 Å². The lowest BCUT2D eigenvalue weighted by atomic mass is 10.0. The maximum absolute atomic E-state index is 12.1. The molecule has 0 aliphatic heterocycles. The molecule has 0 aromatic heterocycles. The Morgan fingerprint density at radius 2 is 1.86 bits per heavy atom. The number of carbonyl (C=O) groups is 2. The number of Topliss-reactive ketones (excluding diaryl/α,β-unsaturated/α-hetero) is 1. The molecule has 0 spiro atoms. The summed E-state index contributed by atoms with van der Waals surface area (Å²) in [6.07, 6.45) is 0.860. The second-order valence-electron chi connectivity index (χ2n) is 5.77. The van der Waals surface area contributed by atoms with Crippen molar-refractivity contribution in [3.05, 3.63) is 29.8 Å². The Balaban J connectivity index is 2.74. The van der Waals surface area contributed by atoms with Gasteiger partial charge < -0.3 is 16.2 Å². The van der Waals surface area contributed by atoms with Gasteiger partial charge in [-0.25, -0.2) is 0 Å². The second-order valence-corrected chi connectivity index (χ2v) is 6.03. The molecular weight excluding hydrogens is 304 g/mol.